The number of likely N-dealkylation sites (N-methyl/N-ethyl adjacent to an activating group) is 1. The maximum absolute atomic E-state index is 12.1. The Kier molecular flexibility index (Phi) is 7.90. The molecule has 0 unspecified atom stereocenters. The van der Waals surface area contributed by atoms with E-state index in [-0.39, 0.29) is 12.5 Å². The largest absolute Gasteiger partial charge is 0.452 e. The zero-order valence-corrected chi connectivity index (χ0v) is 16.2. The van der Waals surface area contributed by atoms with Crippen molar-refractivity contribution in [3.05, 3.63) is 54.1 Å². The minimum atomic E-state index is -0.644. The summed E-state index contributed by atoms with van der Waals surface area (Å²) in [5, 5.41) is 4.90. The van der Waals surface area contributed by atoms with Crippen LogP contribution in [0.3, 0.4) is 0 Å². The molecule has 0 spiro atoms. The standard InChI is InChI=1S/C21H22N2O6/c1-3-22-19(25)12-23-20(26)13-28-21(27)17-6-4-15(5-7-17)16-8-10-18(11-9-16)29-14(2)24/h4-11H,3,12-13H2,1-2H3,(H,22,25)(H,23,26). The molecule has 152 valence electrons. The minimum Gasteiger partial charge on any atom is -0.452 e. The lowest BCUT2D eigenvalue weighted by Gasteiger charge is -2.08. The van der Waals surface area contributed by atoms with Gasteiger partial charge in [0.15, 0.2) is 6.61 Å². The second kappa shape index (κ2) is 10.6. The first-order valence-corrected chi connectivity index (χ1v) is 8.98. The fourth-order valence-electron chi connectivity index (χ4n) is 2.38. The molecule has 0 heterocycles. The first-order chi connectivity index (χ1) is 13.9. The second-order valence-electron chi connectivity index (χ2n) is 6.00. The van der Waals surface area contributed by atoms with Crippen LogP contribution in [0, 0.1) is 0 Å². The van der Waals surface area contributed by atoms with Crippen LogP contribution in [0.15, 0.2) is 48.5 Å². The normalized spacial score (nSPS) is 10.0. The molecule has 0 aliphatic heterocycles. The van der Waals surface area contributed by atoms with Crippen LogP contribution in [0.4, 0.5) is 0 Å². The van der Waals surface area contributed by atoms with Crippen molar-refractivity contribution in [3.8, 4) is 16.9 Å². The second-order valence-corrected chi connectivity index (χ2v) is 6.00. The summed E-state index contributed by atoms with van der Waals surface area (Å²) in [4.78, 5) is 45.9. The van der Waals surface area contributed by atoms with E-state index in [1.807, 2.05) is 0 Å². The fourth-order valence-corrected chi connectivity index (χ4v) is 2.38. The van der Waals surface area contributed by atoms with Gasteiger partial charge in [-0.05, 0) is 42.3 Å². The van der Waals surface area contributed by atoms with Gasteiger partial charge in [-0.2, -0.15) is 0 Å². The first-order valence-electron chi connectivity index (χ1n) is 8.98. The van der Waals surface area contributed by atoms with Gasteiger partial charge in [-0.3, -0.25) is 14.4 Å². The predicted molar refractivity (Wildman–Crippen MR) is 105 cm³/mol. The van der Waals surface area contributed by atoms with Crippen molar-refractivity contribution in [2.24, 2.45) is 0 Å². The van der Waals surface area contributed by atoms with Gasteiger partial charge in [0.1, 0.15) is 5.75 Å². The molecule has 2 aromatic carbocycles. The summed E-state index contributed by atoms with van der Waals surface area (Å²) >= 11 is 0. The molecule has 0 aromatic heterocycles. The maximum atomic E-state index is 12.1. The van der Waals surface area contributed by atoms with Crippen molar-refractivity contribution in [1.29, 1.82) is 0 Å². The summed E-state index contributed by atoms with van der Waals surface area (Å²) in [6, 6.07) is 13.6. The van der Waals surface area contributed by atoms with Gasteiger partial charge in [0.25, 0.3) is 5.91 Å². The number of rotatable bonds is 8. The lowest BCUT2D eigenvalue weighted by molar-refractivity contribution is -0.131. The van der Waals surface area contributed by atoms with Crippen molar-refractivity contribution in [1.82, 2.24) is 10.6 Å². The molecule has 2 N–H and O–H groups in total. The van der Waals surface area contributed by atoms with Crippen molar-refractivity contribution >= 4 is 23.8 Å². The van der Waals surface area contributed by atoms with Gasteiger partial charge >= 0.3 is 11.9 Å². The number of carbonyl (C=O) groups is 4. The molecule has 2 aromatic rings. The molecule has 0 atom stereocenters. The van der Waals surface area contributed by atoms with Crippen molar-refractivity contribution in [2.75, 3.05) is 19.7 Å². The molecule has 0 saturated carbocycles. The highest BCUT2D eigenvalue weighted by Crippen LogP contribution is 2.23. The molecule has 2 rings (SSSR count). The van der Waals surface area contributed by atoms with E-state index < -0.39 is 24.5 Å². The molecule has 0 radical (unpaired) electrons. The number of ether oxygens (including phenoxy) is 2. The number of carbonyl (C=O) groups excluding carboxylic acids is 4. The SMILES string of the molecule is CCNC(=O)CNC(=O)COC(=O)c1ccc(-c2ccc(OC(C)=O)cc2)cc1. The lowest BCUT2D eigenvalue weighted by atomic mass is 10.0. The smallest absolute Gasteiger partial charge is 0.338 e. The third-order valence-corrected chi connectivity index (χ3v) is 3.72. The molecular formula is C21H22N2O6. The molecule has 0 saturated heterocycles. The molecule has 0 fully saturated rings. The van der Waals surface area contributed by atoms with Crippen LogP contribution in [0.5, 0.6) is 5.75 Å². The molecule has 29 heavy (non-hydrogen) atoms. The molecule has 8 heteroatoms. The van der Waals surface area contributed by atoms with Gasteiger partial charge in [0.05, 0.1) is 12.1 Å². The van der Waals surface area contributed by atoms with Gasteiger partial charge < -0.3 is 20.1 Å². The Bertz CT molecular complexity index is 875. The Morgan fingerprint density at radius 2 is 1.41 bits per heavy atom. The monoisotopic (exact) mass is 398 g/mol. The van der Waals surface area contributed by atoms with Gasteiger partial charge in [0, 0.05) is 13.5 Å². The first kappa shape index (κ1) is 21.6. The molecular weight excluding hydrogens is 376 g/mol. The summed E-state index contributed by atoms with van der Waals surface area (Å²) in [5.74, 6) is -1.46. The third kappa shape index (κ3) is 7.10. The summed E-state index contributed by atoms with van der Waals surface area (Å²) in [7, 11) is 0. The average molecular weight is 398 g/mol. The van der Waals surface area contributed by atoms with Crippen molar-refractivity contribution in [3.63, 3.8) is 0 Å². The summed E-state index contributed by atoms with van der Waals surface area (Å²) in [6.45, 7) is 2.92. The van der Waals surface area contributed by atoms with Crippen LogP contribution >= 0.6 is 0 Å². The van der Waals surface area contributed by atoms with Crippen LogP contribution < -0.4 is 15.4 Å². The van der Waals surface area contributed by atoms with Crippen LogP contribution in [-0.4, -0.2) is 43.4 Å². The van der Waals surface area contributed by atoms with Gasteiger partial charge in [0.2, 0.25) is 5.91 Å². The van der Waals surface area contributed by atoms with Gasteiger partial charge in [-0.25, -0.2) is 4.79 Å². The Morgan fingerprint density at radius 1 is 0.828 bits per heavy atom. The summed E-state index contributed by atoms with van der Waals surface area (Å²) in [5.41, 5.74) is 2.03. The van der Waals surface area contributed by atoms with Gasteiger partial charge in [-0.1, -0.05) is 24.3 Å². The third-order valence-electron chi connectivity index (χ3n) is 3.72. The number of hydrogen-bond donors (Lipinski definition) is 2. The van der Waals surface area contributed by atoms with E-state index >= 15 is 0 Å². The maximum Gasteiger partial charge on any atom is 0.338 e. The zero-order valence-electron chi connectivity index (χ0n) is 16.2. The number of amides is 2. The molecule has 0 aliphatic carbocycles. The quantitative estimate of drug-likeness (QED) is 0.517. The molecule has 8 nitrogen and oxygen atoms in total. The summed E-state index contributed by atoms with van der Waals surface area (Å²) in [6.07, 6.45) is 0. The average Bonchev–Trinajstić information content (AvgIpc) is 2.71. The van der Waals surface area contributed by atoms with E-state index in [0.29, 0.717) is 17.9 Å². The fraction of sp³-hybridized carbons (Fsp3) is 0.238. The van der Waals surface area contributed by atoms with Crippen molar-refractivity contribution in [2.45, 2.75) is 13.8 Å². The summed E-state index contributed by atoms with van der Waals surface area (Å²) < 4.78 is 9.94. The van der Waals surface area contributed by atoms with Crippen LogP contribution in [0.2, 0.25) is 0 Å². The van der Waals surface area contributed by atoms with Crippen LogP contribution in [-0.2, 0) is 19.1 Å². The lowest BCUT2D eigenvalue weighted by Crippen LogP contribution is -2.38. The topological polar surface area (TPSA) is 111 Å². The minimum absolute atomic E-state index is 0.171. The number of hydrogen-bond acceptors (Lipinski definition) is 6. The van der Waals surface area contributed by atoms with E-state index in [4.69, 9.17) is 9.47 Å². The highest BCUT2D eigenvalue weighted by Gasteiger charge is 2.11. The van der Waals surface area contributed by atoms with Crippen LogP contribution in [0.25, 0.3) is 11.1 Å². The Labute approximate surface area is 168 Å². The molecule has 0 bridgehead atoms. The Hall–Kier alpha value is -3.68. The van der Waals surface area contributed by atoms with E-state index in [0.717, 1.165) is 11.1 Å². The Morgan fingerprint density at radius 3 is 1.97 bits per heavy atom. The molecule has 0 aliphatic rings. The Balaban J connectivity index is 1.87. The van der Waals surface area contributed by atoms with Gasteiger partial charge in [-0.15, -0.1) is 0 Å². The van der Waals surface area contributed by atoms with Crippen LogP contribution in [0.1, 0.15) is 24.2 Å². The predicted octanol–water partition coefficient (Wildman–Crippen LogP) is 1.69. The highest BCUT2D eigenvalue weighted by molar-refractivity contribution is 5.92. The number of esters is 2. The number of benzene rings is 2. The number of nitrogens with one attached hydrogen (secondary N) is 2. The van der Waals surface area contributed by atoms with E-state index in [2.05, 4.69) is 10.6 Å². The zero-order chi connectivity index (χ0) is 21.2. The molecule has 2 amide bonds. The van der Waals surface area contributed by atoms with E-state index in [1.165, 1.54) is 6.92 Å². The van der Waals surface area contributed by atoms with Crippen molar-refractivity contribution < 1.29 is 28.7 Å². The van der Waals surface area contributed by atoms with E-state index in [1.54, 1.807) is 55.5 Å². The van der Waals surface area contributed by atoms with E-state index in [9.17, 15) is 19.2 Å². The highest BCUT2D eigenvalue weighted by atomic mass is 16.5.